The van der Waals surface area contributed by atoms with Crippen LogP contribution in [0.25, 0.3) is 21.7 Å². The average Bonchev–Trinajstić information content (AvgIpc) is 3.41. The predicted octanol–water partition coefficient (Wildman–Crippen LogP) is 4.74. The Morgan fingerprint density at radius 2 is 1.88 bits per heavy atom. The van der Waals surface area contributed by atoms with E-state index < -0.39 is 9.84 Å². The summed E-state index contributed by atoms with van der Waals surface area (Å²) in [7, 11) is -3.14. The Morgan fingerprint density at radius 1 is 1.09 bits per heavy atom. The number of nitrogens with zero attached hydrogens (tertiary/aromatic N) is 1. The van der Waals surface area contributed by atoms with E-state index in [-0.39, 0.29) is 29.9 Å². The summed E-state index contributed by atoms with van der Waals surface area (Å²) in [6.45, 7) is 2.86. The van der Waals surface area contributed by atoms with Crippen LogP contribution in [0.15, 0.2) is 71.3 Å². The lowest BCUT2D eigenvalue weighted by molar-refractivity contribution is -0.133. The number of benzene rings is 3. The smallest absolute Gasteiger partial charge is 0.227 e. The molecule has 1 saturated heterocycles. The van der Waals surface area contributed by atoms with Gasteiger partial charge in [-0.25, -0.2) is 8.42 Å². The van der Waals surface area contributed by atoms with Gasteiger partial charge in [0.05, 0.1) is 30.8 Å². The van der Waals surface area contributed by atoms with Gasteiger partial charge in [-0.1, -0.05) is 42.5 Å². The van der Waals surface area contributed by atoms with Crippen LogP contribution in [0.5, 0.6) is 5.75 Å². The normalized spacial score (nSPS) is 17.3. The maximum Gasteiger partial charge on any atom is 0.227 e. The van der Waals surface area contributed by atoms with Crippen molar-refractivity contribution in [2.45, 2.75) is 32.4 Å². The van der Waals surface area contributed by atoms with E-state index >= 15 is 0 Å². The Morgan fingerprint density at radius 3 is 2.62 bits per heavy atom. The summed E-state index contributed by atoms with van der Waals surface area (Å²) in [4.78, 5) is 15.4. The number of carbonyl (C=O) groups is 1. The Labute approximate surface area is 199 Å². The average molecular weight is 478 g/mol. The van der Waals surface area contributed by atoms with Crippen molar-refractivity contribution in [2.75, 3.05) is 18.1 Å². The lowest BCUT2D eigenvalue weighted by Gasteiger charge is -2.28. The molecule has 1 aromatic heterocycles. The number of rotatable bonds is 7. The zero-order valence-electron chi connectivity index (χ0n) is 19.1. The number of carbonyl (C=O) groups excluding carboxylic acids is 1. The molecule has 5 rings (SSSR count). The van der Waals surface area contributed by atoms with Crippen molar-refractivity contribution in [1.82, 2.24) is 4.90 Å². The molecule has 2 heterocycles. The van der Waals surface area contributed by atoms with Crippen molar-refractivity contribution >= 4 is 37.5 Å². The van der Waals surface area contributed by atoms with Crippen LogP contribution in [-0.4, -0.2) is 43.4 Å². The van der Waals surface area contributed by atoms with E-state index in [1.165, 1.54) is 0 Å². The summed E-state index contributed by atoms with van der Waals surface area (Å²) in [5.41, 5.74) is 2.49. The summed E-state index contributed by atoms with van der Waals surface area (Å²) in [5.74, 6) is 0.783. The fourth-order valence-electron chi connectivity index (χ4n) is 4.77. The summed E-state index contributed by atoms with van der Waals surface area (Å²) in [6, 6.07) is 19.2. The Kier molecular flexibility index (Phi) is 6.04. The molecular formula is C27H27NO5S. The summed E-state index contributed by atoms with van der Waals surface area (Å²) in [5, 5.41) is 3.06. The molecule has 0 radical (unpaired) electrons. The van der Waals surface area contributed by atoms with Crippen LogP contribution < -0.4 is 4.74 Å². The number of ether oxygens (including phenoxy) is 1. The second-order valence-electron chi connectivity index (χ2n) is 8.75. The van der Waals surface area contributed by atoms with E-state index in [0.717, 1.165) is 38.6 Å². The van der Waals surface area contributed by atoms with Crippen molar-refractivity contribution in [1.29, 1.82) is 0 Å². The second-order valence-corrected chi connectivity index (χ2v) is 11.0. The highest BCUT2D eigenvalue weighted by atomic mass is 32.2. The largest absolute Gasteiger partial charge is 0.494 e. The molecule has 0 bridgehead atoms. The fraction of sp³-hybridized carbons (Fsp3) is 0.296. The molecule has 1 fully saturated rings. The van der Waals surface area contributed by atoms with Gasteiger partial charge in [-0.3, -0.25) is 4.79 Å². The number of furan rings is 1. The third kappa shape index (κ3) is 4.53. The molecule has 0 N–H and O–H groups in total. The fourth-order valence-corrected chi connectivity index (χ4v) is 6.50. The van der Waals surface area contributed by atoms with Gasteiger partial charge in [-0.05, 0) is 47.9 Å². The highest BCUT2D eigenvalue weighted by Gasteiger charge is 2.35. The van der Waals surface area contributed by atoms with Gasteiger partial charge in [-0.15, -0.1) is 0 Å². The van der Waals surface area contributed by atoms with Gasteiger partial charge in [0.25, 0.3) is 0 Å². The van der Waals surface area contributed by atoms with Gasteiger partial charge in [0, 0.05) is 23.5 Å². The Hall–Kier alpha value is -3.32. The van der Waals surface area contributed by atoms with Gasteiger partial charge in [-0.2, -0.15) is 0 Å². The van der Waals surface area contributed by atoms with E-state index in [1.54, 1.807) is 11.2 Å². The monoisotopic (exact) mass is 477 g/mol. The second kappa shape index (κ2) is 9.14. The first-order chi connectivity index (χ1) is 16.4. The SMILES string of the molecule is CCOc1ccc(CN(C(=O)Cc2coc3ccc4ccccc4c23)C2CCS(=O)(=O)C2)cc1. The van der Waals surface area contributed by atoms with E-state index in [9.17, 15) is 13.2 Å². The van der Waals surface area contributed by atoms with Crippen LogP contribution >= 0.6 is 0 Å². The van der Waals surface area contributed by atoms with Crippen LogP contribution in [0, 0.1) is 0 Å². The first kappa shape index (κ1) is 22.5. The van der Waals surface area contributed by atoms with Crippen molar-refractivity contribution in [2.24, 2.45) is 0 Å². The molecule has 176 valence electrons. The molecule has 0 saturated carbocycles. The molecule has 7 heteroatoms. The van der Waals surface area contributed by atoms with Gasteiger partial charge in [0.1, 0.15) is 11.3 Å². The number of hydrogen-bond acceptors (Lipinski definition) is 5. The van der Waals surface area contributed by atoms with Crippen LogP contribution in [-0.2, 0) is 27.6 Å². The van der Waals surface area contributed by atoms with Crippen LogP contribution in [0.4, 0.5) is 0 Å². The van der Waals surface area contributed by atoms with Crippen molar-refractivity contribution in [3.05, 3.63) is 78.1 Å². The van der Waals surface area contributed by atoms with Crippen LogP contribution in [0.1, 0.15) is 24.5 Å². The molecule has 1 atom stereocenters. The van der Waals surface area contributed by atoms with Crippen molar-refractivity contribution in [3.8, 4) is 5.75 Å². The third-order valence-electron chi connectivity index (χ3n) is 6.44. The standard InChI is InChI=1S/C27H27NO5S/c1-2-32-23-10-7-19(8-11-23)16-28(22-13-14-34(30,31)18-22)26(29)15-21-17-33-25-12-9-20-5-3-4-6-24(20)27(21)25/h3-12,17,22H,2,13-16,18H2,1H3. The number of amides is 1. The minimum absolute atomic E-state index is 0.00480. The minimum atomic E-state index is -3.14. The molecule has 1 amide bonds. The molecule has 0 spiro atoms. The molecule has 0 aliphatic carbocycles. The molecule has 3 aromatic carbocycles. The lowest BCUT2D eigenvalue weighted by Crippen LogP contribution is -2.41. The van der Waals surface area contributed by atoms with Crippen LogP contribution in [0.2, 0.25) is 0 Å². The molecule has 1 unspecified atom stereocenters. The predicted molar refractivity (Wildman–Crippen MR) is 133 cm³/mol. The van der Waals surface area contributed by atoms with Gasteiger partial charge >= 0.3 is 0 Å². The van der Waals surface area contributed by atoms with E-state index in [1.807, 2.05) is 67.6 Å². The maximum absolute atomic E-state index is 13.6. The van der Waals surface area contributed by atoms with Gasteiger partial charge in [0.2, 0.25) is 5.91 Å². The molecule has 6 nitrogen and oxygen atoms in total. The van der Waals surface area contributed by atoms with Crippen LogP contribution in [0.3, 0.4) is 0 Å². The van der Waals surface area contributed by atoms with E-state index in [2.05, 4.69) is 0 Å². The first-order valence-electron chi connectivity index (χ1n) is 11.5. The molecular weight excluding hydrogens is 450 g/mol. The third-order valence-corrected chi connectivity index (χ3v) is 8.19. The highest BCUT2D eigenvalue weighted by molar-refractivity contribution is 7.91. The number of sulfone groups is 1. The van der Waals surface area contributed by atoms with Crippen molar-refractivity contribution < 1.29 is 22.4 Å². The summed E-state index contributed by atoms with van der Waals surface area (Å²) < 4.78 is 35.7. The summed E-state index contributed by atoms with van der Waals surface area (Å²) >= 11 is 0. The molecule has 1 aliphatic heterocycles. The van der Waals surface area contributed by atoms with E-state index in [4.69, 9.17) is 9.15 Å². The van der Waals surface area contributed by atoms with Gasteiger partial charge < -0.3 is 14.1 Å². The number of hydrogen-bond donors (Lipinski definition) is 0. The minimum Gasteiger partial charge on any atom is -0.494 e. The Balaban J connectivity index is 1.45. The molecule has 34 heavy (non-hydrogen) atoms. The maximum atomic E-state index is 13.6. The molecule has 4 aromatic rings. The Bertz CT molecular complexity index is 1440. The first-order valence-corrected chi connectivity index (χ1v) is 13.3. The topological polar surface area (TPSA) is 76.8 Å². The lowest BCUT2D eigenvalue weighted by atomic mass is 10.0. The zero-order chi connectivity index (χ0) is 23.7. The zero-order valence-corrected chi connectivity index (χ0v) is 19.9. The number of fused-ring (bicyclic) bond motifs is 3. The quantitative estimate of drug-likeness (QED) is 0.384. The van der Waals surface area contributed by atoms with Crippen molar-refractivity contribution in [3.63, 3.8) is 0 Å². The van der Waals surface area contributed by atoms with Gasteiger partial charge in [0.15, 0.2) is 9.84 Å². The van der Waals surface area contributed by atoms with E-state index in [0.29, 0.717) is 19.6 Å². The summed E-state index contributed by atoms with van der Waals surface area (Å²) in [6.07, 6.45) is 2.25. The highest BCUT2D eigenvalue weighted by Crippen LogP contribution is 2.31. The molecule has 1 aliphatic rings.